The molecule has 2 unspecified atom stereocenters. The maximum atomic E-state index is 15.5. The van der Waals surface area contributed by atoms with Gasteiger partial charge in [-0.25, -0.2) is 13.8 Å². The van der Waals surface area contributed by atoms with E-state index in [2.05, 4.69) is 15.0 Å². The van der Waals surface area contributed by atoms with Crippen molar-refractivity contribution in [3.8, 4) is 22.9 Å². The van der Waals surface area contributed by atoms with Crippen molar-refractivity contribution in [1.82, 2.24) is 15.0 Å². The highest BCUT2D eigenvalue weighted by Gasteiger charge is 2.38. The third-order valence-corrected chi connectivity index (χ3v) is 8.93. The fraction of sp³-hybridized carbons (Fsp3) is 0.342. The van der Waals surface area contributed by atoms with Gasteiger partial charge in [-0.15, -0.1) is 0 Å². The summed E-state index contributed by atoms with van der Waals surface area (Å²) in [4.78, 5) is 33.4. The first kappa shape index (κ1) is 37.2. The first-order valence-electron chi connectivity index (χ1n) is 16.8. The Morgan fingerprint density at radius 1 is 1.04 bits per heavy atom. The molecule has 2 aromatic heterocycles. The molecule has 0 spiro atoms. The van der Waals surface area contributed by atoms with Crippen molar-refractivity contribution in [2.45, 2.75) is 57.5 Å². The fourth-order valence-electron chi connectivity index (χ4n) is 6.08. The minimum atomic E-state index is -1.09. The van der Waals surface area contributed by atoms with Crippen LogP contribution in [0.1, 0.15) is 55.5 Å². The van der Waals surface area contributed by atoms with Crippen molar-refractivity contribution < 1.29 is 42.8 Å². The Morgan fingerprint density at radius 2 is 1.86 bits per heavy atom. The number of carbonyl (C=O) groups is 2. The average molecular weight is 705 g/mol. The zero-order valence-corrected chi connectivity index (χ0v) is 28.5. The number of carboxylic acid groups (broad SMARTS) is 1. The maximum Gasteiger partial charge on any atom is 0.306 e. The zero-order valence-electron chi connectivity index (χ0n) is 28.5. The summed E-state index contributed by atoms with van der Waals surface area (Å²) in [5.74, 6) is -2.18. The number of nitrogens with one attached hydrogen (secondary N) is 2. The van der Waals surface area contributed by atoms with Gasteiger partial charge in [-0.1, -0.05) is 24.3 Å². The topological polar surface area (TPSA) is 173 Å². The second-order valence-corrected chi connectivity index (χ2v) is 12.3. The molecule has 51 heavy (non-hydrogen) atoms. The van der Waals surface area contributed by atoms with E-state index in [9.17, 15) is 14.7 Å². The van der Waals surface area contributed by atoms with Crippen LogP contribution in [0.3, 0.4) is 0 Å². The molecule has 0 aliphatic rings. The van der Waals surface area contributed by atoms with Gasteiger partial charge in [0.2, 0.25) is 0 Å². The van der Waals surface area contributed by atoms with Gasteiger partial charge in [-0.05, 0) is 68.5 Å². The van der Waals surface area contributed by atoms with Gasteiger partial charge in [0, 0.05) is 60.2 Å². The van der Waals surface area contributed by atoms with Crippen molar-refractivity contribution >= 4 is 22.8 Å². The third-order valence-electron chi connectivity index (χ3n) is 8.93. The number of nitrogens with zero attached hydrogens (tertiary/aromatic N) is 1. The number of aryl methyl sites for hydroxylation is 2. The number of aliphatic hydroxyl groups is 1. The largest absolute Gasteiger partial charge is 0.481 e. The first-order chi connectivity index (χ1) is 24.5. The Hall–Kier alpha value is -5.11. The molecule has 270 valence electrons. The highest BCUT2D eigenvalue weighted by Crippen LogP contribution is 2.39. The molecule has 6 N–H and O–H groups in total. The van der Waals surface area contributed by atoms with Crippen molar-refractivity contribution in [3.05, 3.63) is 101 Å². The number of benzene rings is 3. The molecule has 0 amide bonds. The Balaban J connectivity index is 1.42. The van der Waals surface area contributed by atoms with Gasteiger partial charge in [0.1, 0.15) is 17.4 Å². The van der Waals surface area contributed by atoms with Crippen molar-refractivity contribution in [2.24, 2.45) is 5.73 Å². The van der Waals surface area contributed by atoms with Gasteiger partial charge < -0.3 is 40.1 Å². The van der Waals surface area contributed by atoms with E-state index in [1.54, 1.807) is 20.0 Å². The number of H-pyrrole nitrogens is 2. The monoisotopic (exact) mass is 704 g/mol. The van der Waals surface area contributed by atoms with Crippen LogP contribution >= 0.6 is 0 Å². The van der Waals surface area contributed by atoms with Gasteiger partial charge in [-0.2, -0.15) is 0 Å². The number of aromatic nitrogens is 3. The molecule has 5 rings (SSSR count). The van der Waals surface area contributed by atoms with E-state index in [0.29, 0.717) is 48.2 Å². The smallest absolute Gasteiger partial charge is 0.306 e. The standard InChI is InChI=1S/C38H42F2N4O7/c1-3-50-35(48)12-9-23-6-4-7-24(18-23)38(2,33(45)21-41)32-22-43-37(44-32)28-19-25(10-11-29(28)39)51-36-27(8-5-16-49-17-14-34(46)47)26-13-15-42-31(26)20-30(36)40/h4,6-7,10-11,13,15,18-20,22,33,42,45H,3,5,8-9,12,14,16-17,21,41H2,1-2H3,(H,43,44)(H,46,47). The van der Waals surface area contributed by atoms with Gasteiger partial charge >= 0.3 is 11.9 Å². The third kappa shape index (κ3) is 8.62. The molecule has 0 aliphatic heterocycles. The number of aliphatic hydroxyl groups excluding tert-OH is 1. The van der Waals surface area contributed by atoms with Crippen LogP contribution in [0.15, 0.2) is 67.0 Å². The SMILES string of the molecule is CCOC(=O)CCc1cccc(C(C)(c2cnc(-c3cc(Oc4c(F)cc5[nH]ccc5c4CCCOCCC(=O)O)ccc3F)[nH]2)C(O)CN)c1. The molecular formula is C38H42F2N4O7. The second-order valence-electron chi connectivity index (χ2n) is 12.3. The zero-order chi connectivity index (χ0) is 36.5. The lowest BCUT2D eigenvalue weighted by Gasteiger charge is -2.34. The normalized spacial score (nSPS) is 13.2. The molecule has 13 heteroatoms. The van der Waals surface area contributed by atoms with Crippen LogP contribution in [0, 0.1) is 11.6 Å². The summed E-state index contributed by atoms with van der Waals surface area (Å²) < 4.78 is 47.5. The number of aromatic amines is 2. The molecule has 5 aromatic rings. The second kappa shape index (κ2) is 16.7. The lowest BCUT2D eigenvalue weighted by Crippen LogP contribution is -2.43. The van der Waals surface area contributed by atoms with E-state index in [1.165, 1.54) is 30.5 Å². The van der Waals surface area contributed by atoms with Crippen LogP contribution in [0.2, 0.25) is 0 Å². The number of carboxylic acids is 1. The van der Waals surface area contributed by atoms with Crippen LogP contribution in [0.5, 0.6) is 11.5 Å². The van der Waals surface area contributed by atoms with E-state index in [4.69, 9.17) is 25.1 Å². The number of halogens is 2. The lowest BCUT2D eigenvalue weighted by molar-refractivity contribution is -0.143. The number of ether oxygens (including phenoxy) is 3. The molecular weight excluding hydrogens is 662 g/mol. The molecule has 11 nitrogen and oxygen atoms in total. The van der Waals surface area contributed by atoms with Crippen LogP contribution in [-0.4, -0.2) is 69.6 Å². The van der Waals surface area contributed by atoms with E-state index in [-0.39, 0.29) is 61.5 Å². The number of carbonyl (C=O) groups excluding carboxylic acids is 1. The lowest BCUT2D eigenvalue weighted by atomic mass is 9.74. The number of fused-ring (bicyclic) bond motifs is 1. The number of nitrogens with two attached hydrogens (primary N) is 1. The van der Waals surface area contributed by atoms with E-state index in [1.807, 2.05) is 30.3 Å². The van der Waals surface area contributed by atoms with Crippen molar-refractivity contribution in [3.63, 3.8) is 0 Å². The van der Waals surface area contributed by atoms with Crippen LogP contribution in [0.25, 0.3) is 22.3 Å². The van der Waals surface area contributed by atoms with E-state index in [0.717, 1.165) is 10.9 Å². The summed E-state index contributed by atoms with van der Waals surface area (Å²) in [6, 6.07) is 14.6. The Labute approximate surface area is 293 Å². The molecule has 0 radical (unpaired) electrons. The van der Waals surface area contributed by atoms with E-state index < -0.39 is 29.1 Å². The molecule has 0 bridgehead atoms. The Morgan fingerprint density at radius 3 is 2.63 bits per heavy atom. The number of hydrogen-bond acceptors (Lipinski definition) is 8. The van der Waals surface area contributed by atoms with Gasteiger partial charge in [0.15, 0.2) is 11.6 Å². The summed E-state index contributed by atoms with van der Waals surface area (Å²) >= 11 is 0. The number of esters is 1. The van der Waals surface area contributed by atoms with Crippen molar-refractivity contribution in [2.75, 3.05) is 26.4 Å². The highest BCUT2D eigenvalue weighted by molar-refractivity contribution is 5.85. The number of hydrogen-bond donors (Lipinski definition) is 5. The maximum absolute atomic E-state index is 15.5. The number of rotatable bonds is 18. The minimum Gasteiger partial charge on any atom is -0.481 e. The van der Waals surface area contributed by atoms with Gasteiger partial charge in [0.05, 0.1) is 36.7 Å². The first-order valence-corrected chi connectivity index (χ1v) is 16.8. The summed E-state index contributed by atoms with van der Waals surface area (Å²) in [6.07, 6.45) is 3.53. The fourth-order valence-corrected chi connectivity index (χ4v) is 6.08. The number of aliphatic carboxylic acids is 1. The summed E-state index contributed by atoms with van der Waals surface area (Å²) in [7, 11) is 0. The molecule has 0 saturated carbocycles. The molecule has 0 aliphatic carbocycles. The van der Waals surface area contributed by atoms with Gasteiger partial charge in [-0.3, -0.25) is 9.59 Å². The predicted molar refractivity (Wildman–Crippen MR) is 187 cm³/mol. The summed E-state index contributed by atoms with van der Waals surface area (Å²) in [5, 5.41) is 20.8. The average Bonchev–Trinajstić information content (AvgIpc) is 3.81. The Bertz CT molecular complexity index is 1980. The highest BCUT2D eigenvalue weighted by atomic mass is 19.1. The minimum absolute atomic E-state index is 0.0215. The van der Waals surface area contributed by atoms with E-state index >= 15 is 8.78 Å². The van der Waals surface area contributed by atoms with Gasteiger partial charge in [0.25, 0.3) is 0 Å². The summed E-state index contributed by atoms with van der Waals surface area (Å²) in [6.45, 7) is 4.12. The molecule has 3 aromatic carbocycles. The molecule has 2 heterocycles. The quantitative estimate of drug-likeness (QED) is 0.0528. The summed E-state index contributed by atoms with van der Waals surface area (Å²) in [5.41, 5.74) is 8.14. The van der Waals surface area contributed by atoms with Crippen LogP contribution in [0.4, 0.5) is 8.78 Å². The van der Waals surface area contributed by atoms with Crippen LogP contribution < -0.4 is 10.5 Å². The Kier molecular flexibility index (Phi) is 12.2. The van der Waals surface area contributed by atoms with Crippen molar-refractivity contribution in [1.29, 1.82) is 0 Å². The predicted octanol–water partition coefficient (Wildman–Crippen LogP) is 6.17. The molecule has 0 saturated heterocycles. The van der Waals surface area contributed by atoms with Crippen LogP contribution in [-0.2, 0) is 37.3 Å². The molecule has 2 atom stereocenters. The number of imidazole rings is 1. The molecule has 0 fully saturated rings.